The second kappa shape index (κ2) is 8.99. The van der Waals surface area contributed by atoms with E-state index in [1.807, 2.05) is 6.07 Å². The van der Waals surface area contributed by atoms with Crippen molar-refractivity contribution >= 4 is 17.5 Å². The molecule has 0 spiro atoms. The van der Waals surface area contributed by atoms with E-state index in [-0.39, 0.29) is 18.4 Å². The van der Waals surface area contributed by atoms with Gasteiger partial charge in [0.1, 0.15) is 5.69 Å². The molecular formula is C25H25ClN2O2. The molecule has 30 heavy (non-hydrogen) atoms. The Labute approximate surface area is 182 Å². The van der Waals surface area contributed by atoms with Crippen molar-refractivity contribution in [3.63, 3.8) is 0 Å². The van der Waals surface area contributed by atoms with Crippen LogP contribution in [0, 0.1) is 0 Å². The van der Waals surface area contributed by atoms with Gasteiger partial charge < -0.3 is 10.0 Å². The first kappa shape index (κ1) is 20.6. The highest BCUT2D eigenvalue weighted by atomic mass is 35.5. The molecule has 0 bridgehead atoms. The first-order valence-electron chi connectivity index (χ1n) is 10.3. The number of amides is 1. The number of hydrogen-bond donors (Lipinski definition) is 1. The van der Waals surface area contributed by atoms with Crippen molar-refractivity contribution in [3.05, 3.63) is 88.2 Å². The lowest BCUT2D eigenvalue weighted by molar-refractivity contribution is 0.0785. The molecule has 2 heterocycles. The highest BCUT2D eigenvalue weighted by Gasteiger charge is 2.30. The highest BCUT2D eigenvalue weighted by molar-refractivity contribution is 6.33. The van der Waals surface area contributed by atoms with Crippen molar-refractivity contribution in [1.82, 2.24) is 9.88 Å². The third kappa shape index (κ3) is 3.98. The Morgan fingerprint density at radius 2 is 2.00 bits per heavy atom. The van der Waals surface area contributed by atoms with Gasteiger partial charge in [0.05, 0.1) is 11.6 Å². The molecule has 4 rings (SSSR count). The molecule has 1 amide bonds. The summed E-state index contributed by atoms with van der Waals surface area (Å²) in [6.45, 7) is 3.39. The first-order chi connectivity index (χ1) is 14.6. The van der Waals surface area contributed by atoms with E-state index >= 15 is 0 Å². The predicted octanol–water partition coefficient (Wildman–Crippen LogP) is 5.09. The Hall–Kier alpha value is -2.69. The lowest BCUT2D eigenvalue weighted by atomic mass is 9.89. The van der Waals surface area contributed by atoms with Crippen molar-refractivity contribution in [2.24, 2.45) is 0 Å². The predicted molar refractivity (Wildman–Crippen MR) is 120 cm³/mol. The zero-order valence-corrected chi connectivity index (χ0v) is 17.8. The van der Waals surface area contributed by atoms with Crippen LogP contribution in [0.15, 0.2) is 60.8 Å². The molecule has 1 saturated heterocycles. The molecule has 1 aromatic heterocycles. The van der Waals surface area contributed by atoms with Crippen molar-refractivity contribution in [1.29, 1.82) is 0 Å². The summed E-state index contributed by atoms with van der Waals surface area (Å²) in [7, 11) is 0. The quantitative estimate of drug-likeness (QED) is 0.625. The second-order valence-corrected chi connectivity index (χ2v) is 8.06. The van der Waals surface area contributed by atoms with E-state index in [1.54, 1.807) is 23.2 Å². The maximum Gasteiger partial charge on any atom is 0.274 e. The van der Waals surface area contributed by atoms with E-state index in [0.29, 0.717) is 23.8 Å². The zero-order chi connectivity index (χ0) is 21.1. The monoisotopic (exact) mass is 420 g/mol. The number of nitrogens with zero attached hydrogens (tertiary/aromatic N) is 2. The van der Waals surface area contributed by atoms with E-state index < -0.39 is 0 Å². The second-order valence-electron chi connectivity index (χ2n) is 7.65. The fourth-order valence-corrected chi connectivity index (χ4v) is 4.51. The fourth-order valence-electron chi connectivity index (χ4n) is 4.31. The molecular weight excluding hydrogens is 396 g/mol. The number of likely N-dealkylation sites (tertiary alicyclic amines) is 1. The van der Waals surface area contributed by atoms with Crippen molar-refractivity contribution in [2.75, 3.05) is 13.1 Å². The molecule has 3 aromatic rings. The minimum absolute atomic E-state index is 0.0199. The lowest BCUT2D eigenvalue weighted by Gasteiger charge is -2.19. The fraction of sp³-hybridized carbons (Fsp3) is 0.280. The standard InChI is InChI=1S/C25H25ClN2O2/c1-2-17-6-3-4-7-21(17)18-9-10-22(20(14-18)16-29)19-11-13-28(15-19)25(30)24-23(26)8-5-12-27-24/h3-10,12,14,19,29H,2,11,13,15-16H2,1H3. The number of pyridine rings is 1. The van der Waals surface area contributed by atoms with E-state index in [2.05, 4.69) is 48.3 Å². The summed E-state index contributed by atoms with van der Waals surface area (Å²) < 4.78 is 0. The van der Waals surface area contributed by atoms with E-state index in [0.717, 1.165) is 29.5 Å². The van der Waals surface area contributed by atoms with Crippen LogP contribution in [0.25, 0.3) is 11.1 Å². The highest BCUT2D eigenvalue weighted by Crippen LogP contribution is 2.34. The number of benzene rings is 2. The van der Waals surface area contributed by atoms with Crippen LogP contribution in [0.3, 0.4) is 0 Å². The van der Waals surface area contributed by atoms with Crippen LogP contribution in [-0.2, 0) is 13.0 Å². The lowest BCUT2D eigenvalue weighted by Crippen LogP contribution is -2.29. The number of carbonyl (C=O) groups excluding carboxylic acids is 1. The average Bonchev–Trinajstić information content (AvgIpc) is 3.28. The summed E-state index contributed by atoms with van der Waals surface area (Å²) in [6.07, 6.45) is 3.40. The normalized spacial score (nSPS) is 16.1. The molecule has 0 radical (unpaired) electrons. The number of carbonyl (C=O) groups is 1. The van der Waals surface area contributed by atoms with Gasteiger partial charge in [0.2, 0.25) is 0 Å². The van der Waals surface area contributed by atoms with E-state index in [9.17, 15) is 9.90 Å². The van der Waals surface area contributed by atoms with E-state index in [4.69, 9.17) is 11.6 Å². The first-order valence-corrected chi connectivity index (χ1v) is 10.7. The number of hydrogen-bond acceptors (Lipinski definition) is 3. The van der Waals surface area contributed by atoms with Gasteiger partial charge in [-0.1, -0.05) is 54.9 Å². The van der Waals surface area contributed by atoms with Gasteiger partial charge in [0, 0.05) is 25.2 Å². The van der Waals surface area contributed by atoms with Crippen LogP contribution in [0.4, 0.5) is 0 Å². The molecule has 1 unspecified atom stereocenters. The van der Waals surface area contributed by atoms with Gasteiger partial charge in [-0.15, -0.1) is 0 Å². The number of aromatic nitrogens is 1. The van der Waals surface area contributed by atoms with Crippen LogP contribution >= 0.6 is 11.6 Å². The Bertz CT molecular complexity index is 1070. The Morgan fingerprint density at radius 3 is 2.77 bits per heavy atom. The van der Waals surface area contributed by atoms with Gasteiger partial charge in [-0.3, -0.25) is 4.79 Å². The molecule has 1 atom stereocenters. The summed E-state index contributed by atoms with van der Waals surface area (Å²) in [6, 6.07) is 18.1. The van der Waals surface area contributed by atoms with Crippen LogP contribution in [0.5, 0.6) is 0 Å². The average molecular weight is 421 g/mol. The van der Waals surface area contributed by atoms with Crippen molar-refractivity contribution in [2.45, 2.75) is 32.3 Å². The zero-order valence-electron chi connectivity index (χ0n) is 17.0. The number of rotatable bonds is 5. The summed E-state index contributed by atoms with van der Waals surface area (Å²) in [5.74, 6) is 0.0520. The van der Waals surface area contributed by atoms with Gasteiger partial charge in [0.15, 0.2) is 0 Å². The van der Waals surface area contributed by atoms with Crippen LogP contribution in [-0.4, -0.2) is 34.0 Å². The molecule has 1 aliphatic heterocycles. The smallest absolute Gasteiger partial charge is 0.274 e. The van der Waals surface area contributed by atoms with Crippen molar-refractivity contribution in [3.8, 4) is 11.1 Å². The maximum absolute atomic E-state index is 12.8. The van der Waals surface area contributed by atoms with Gasteiger partial charge in [0.25, 0.3) is 5.91 Å². The Morgan fingerprint density at radius 1 is 1.17 bits per heavy atom. The largest absolute Gasteiger partial charge is 0.392 e. The van der Waals surface area contributed by atoms with Gasteiger partial charge >= 0.3 is 0 Å². The van der Waals surface area contributed by atoms with Crippen LogP contribution in [0.1, 0.15) is 46.4 Å². The molecule has 1 N–H and O–H groups in total. The molecule has 0 aliphatic carbocycles. The molecule has 154 valence electrons. The Balaban J connectivity index is 1.58. The SMILES string of the molecule is CCc1ccccc1-c1ccc(C2CCN(C(=O)c3ncccc3Cl)C2)c(CO)c1. The van der Waals surface area contributed by atoms with Crippen LogP contribution < -0.4 is 0 Å². The third-order valence-electron chi connectivity index (χ3n) is 5.90. The minimum atomic E-state index is -0.137. The maximum atomic E-state index is 12.8. The molecule has 1 aliphatic rings. The summed E-state index contributed by atoms with van der Waals surface area (Å²) in [5.41, 5.74) is 5.94. The molecule has 5 heteroatoms. The van der Waals surface area contributed by atoms with Gasteiger partial charge in [-0.05, 0) is 58.9 Å². The molecule has 2 aromatic carbocycles. The molecule has 0 saturated carbocycles. The molecule has 1 fully saturated rings. The minimum Gasteiger partial charge on any atom is -0.392 e. The van der Waals surface area contributed by atoms with Crippen LogP contribution in [0.2, 0.25) is 5.02 Å². The van der Waals surface area contributed by atoms with Gasteiger partial charge in [-0.25, -0.2) is 4.98 Å². The molecule has 4 nitrogen and oxygen atoms in total. The topological polar surface area (TPSA) is 53.4 Å². The van der Waals surface area contributed by atoms with Gasteiger partial charge in [-0.2, -0.15) is 0 Å². The summed E-state index contributed by atoms with van der Waals surface area (Å²) >= 11 is 6.16. The number of aliphatic hydroxyl groups excluding tert-OH is 1. The number of halogens is 1. The summed E-state index contributed by atoms with van der Waals surface area (Å²) in [5, 5.41) is 10.4. The Kier molecular flexibility index (Phi) is 6.16. The van der Waals surface area contributed by atoms with E-state index in [1.165, 1.54) is 11.1 Å². The van der Waals surface area contributed by atoms with Crippen molar-refractivity contribution < 1.29 is 9.90 Å². The number of aryl methyl sites for hydroxylation is 1. The summed E-state index contributed by atoms with van der Waals surface area (Å²) in [4.78, 5) is 18.8. The number of aliphatic hydroxyl groups is 1. The third-order valence-corrected chi connectivity index (χ3v) is 6.20.